The molecule has 7 nitrogen and oxygen atoms in total. The molecule has 1 atom stereocenters. The summed E-state index contributed by atoms with van der Waals surface area (Å²) >= 11 is 0. The molecule has 1 heterocycles. The zero-order valence-electron chi connectivity index (χ0n) is 11.2. The van der Waals surface area contributed by atoms with Gasteiger partial charge in [-0.25, -0.2) is 9.78 Å². The van der Waals surface area contributed by atoms with Crippen molar-refractivity contribution in [3.05, 3.63) is 18.2 Å². The highest BCUT2D eigenvalue weighted by Crippen LogP contribution is 2.11. The van der Waals surface area contributed by atoms with Crippen molar-refractivity contribution in [1.29, 1.82) is 0 Å². The van der Waals surface area contributed by atoms with Crippen LogP contribution in [0.1, 0.15) is 38.6 Å². The number of nitrogens with one attached hydrogen (secondary N) is 2. The average Bonchev–Trinajstić information content (AvgIpc) is 2.90. The van der Waals surface area contributed by atoms with Crippen LogP contribution in [-0.4, -0.2) is 45.1 Å². The van der Waals surface area contributed by atoms with E-state index in [0.29, 0.717) is 18.8 Å². The van der Waals surface area contributed by atoms with Gasteiger partial charge in [-0.1, -0.05) is 6.92 Å². The van der Waals surface area contributed by atoms with Gasteiger partial charge in [0.1, 0.15) is 5.82 Å². The minimum Gasteiger partial charge on any atom is -0.481 e. The monoisotopic (exact) mass is 268 g/mol. The third-order valence-electron chi connectivity index (χ3n) is 2.82. The highest BCUT2D eigenvalue weighted by molar-refractivity contribution is 5.75. The molecule has 0 spiro atoms. The number of hydrogen-bond acceptors (Lipinski definition) is 3. The van der Waals surface area contributed by atoms with Crippen molar-refractivity contribution in [3.63, 3.8) is 0 Å². The van der Waals surface area contributed by atoms with Crippen LogP contribution in [0, 0.1) is 0 Å². The van der Waals surface area contributed by atoms with Gasteiger partial charge in [-0.2, -0.15) is 0 Å². The minimum atomic E-state index is -0.913. The van der Waals surface area contributed by atoms with Crippen molar-refractivity contribution < 1.29 is 14.7 Å². The summed E-state index contributed by atoms with van der Waals surface area (Å²) in [6.45, 7) is 4.43. The molecule has 0 saturated heterocycles. The van der Waals surface area contributed by atoms with E-state index < -0.39 is 5.97 Å². The van der Waals surface area contributed by atoms with Gasteiger partial charge in [0, 0.05) is 25.5 Å². The first kappa shape index (κ1) is 15.0. The van der Waals surface area contributed by atoms with Crippen molar-refractivity contribution >= 4 is 12.0 Å². The lowest BCUT2D eigenvalue weighted by atomic mass is 10.2. The van der Waals surface area contributed by atoms with Crippen molar-refractivity contribution in [3.8, 4) is 0 Å². The van der Waals surface area contributed by atoms with E-state index in [1.54, 1.807) is 12.4 Å². The third-order valence-corrected chi connectivity index (χ3v) is 2.82. The van der Waals surface area contributed by atoms with E-state index in [9.17, 15) is 9.59 Å². The van der Waals surface area contributed by atoms with Crippen LogP contribution in [0.2, 0.25) is 0 Å². The largest absolute Gasteiger partial charge is 0.481 e. The number of carbonyl (C=O) groups excluding carboxylic acids is 1. The number of aromatic nitrogens is 2. The number of aromatic amines is 1. The third kappa shape index (κ3) is 4.61. The van der Waals surface area contributed by atoms with Gasteiger partial charge in [0.25, 0.3) is 0 Å². The number of nitrogens with zero attached hydrogens (tertiary/aromatic N) is 2. The summed E-state index contributed by atoms with van der Waals surface area (Å²) < 4.78 is 0. The SMILES string of the molecule is CCC(NC(=O)N(CC)CCC(=O)O)c1ncc[nH]1. The quantitative estimate of drug-likeness (QED) is 0.695. The number of aliphatic carboxylic acids is 1. The number of H-pyrrole nitrogens is 1. The minimum absolute atomic E-state index is 0.0567. The average molecular weight is 268 g/mol. The number of hydrogen-bond donors (Lipinski definition) is 3. The Morgan fingerprint density at radius 2 is 2.26 bits per heavy atom. The van der Waals surface area contributed by atoms with Crippen molar-refractivity contribution in [2.45, 2.75) is 32.7 Å². The molecule has 106 valence electrons. The summed E-state index contributed by atoms with van der Waals surface area (Å²) in [6, 6.07) is -0.464. The van der Waals surface area contributed by atoms with E-state index in [-0.39, 0.29) is 25.0 Å². The topological polar surface area (TPSA) is 98.3 Å². The number of imidazole rings is 1. The maximum absolute atomic E-state index is 12.0. The second-order valence-electron chi connectivity index (χ2n) is 4.11. The molecule has 0 fully saturated rings. The van der Waals surface area contributed by atoms with Crippen LogP contribution in [0.3, 0.4) is 0 Å². The fourth-order valence-corrected chi connectivity index (χ4v) is 1.71. The molecule has 3 N–H and O–H groups in total. The Balaban J connectivity index is 2.57. The van der Waals surface area contributed by atoms with E-state index in [4.69, 9.17) is 5.11 Å². The Hall–Kier alpha value is -2.05. The van der Waals surface area contributed by atoms with Gasteiger partial charge in [0.05, 0.1) is 12.5 Å². The molecule has 0 aliphatic carbocycles. The standard InChI is InChI=1S/C12H20N4O3/c1-3-9(11-13-6-7-14-11)15-12(19)16(4-2)8-5-10(17)18/h6-7,9H,3-5,8H2,1-2H3,(H,13,14)(H,15,19)(H,17,18). The number of carbonyl (C=O) groups is 2. The number of carboxylic acid groups (broad SMARTS) is 1. The van der Waals surface area contributed by atoms with Crippen LogP contribution in [0.25, 0.3) is 0 Å². The Morgan fingerprint density at radius 3 is 2.74 bits per heavy atom. The van der Waals surface area contributed by atoms with Gasteiger partial charge in [-0.15, -0.1) is 0 Å². The molecule has 0 aromatic carbocycles. The van der Waals surface area contributed by atoms with Crippen molar-refractivity contribution in [2.75, 3.05) is 13.1 Å². The highest BCUT2D eigenvalue weighted by atomic mass is 16.4. The molecule has 0 aliphatic rings. The molecule has 1 aromatic rings. The predicted octanol–water partition coefficient (Wildman–Crippen LogP) is 1.37. The molecule has 0 bridgehead atoms. The molecule has 7 heteroatoms. The zero-order chi connectivity index (χ0) is 14.3. The van der Waals surface area contributed by atoms with Gasteiger partial charge in [-0.05, 0) is 13.3 Å². The smallest absolute Gasteiger partial charge is 0.317 e. The van der Waals surface area contributed by atoms with Crippen LogP contribution in [0.15, 0.2) is 12.4 Å². The van der Waals surface area contributed by atoms with Gasteiger partial charge in [0.2, 0.25) is 0 Å². The first-order valence-electron chi connectivity index (χ1n) is 6.35. The highest BCUT2D eigenvalue weighted by Gasteiger charge is 2.19. The number of carboxylic acids is 1. The van der Waals surface area contributed by atoms with Gasteiger partial charge in [-0.3, -0.25) is 4.79 Å². The summed E-state index contributed by atoms with van der Waals surface area (Å²) in [5.74, 6) is -0.213. The maximum atomic E-state index is 12.0. The zero-order valence-corrected chi connectivity index (χ0v) is 11.2. The van der Waals surface area contributed by atoms with Gasteiger partial charge < -0.3 is 20.3 Å². The molecule has 1 aromatic heterocycles. The predicted molar refractivity (Wildman–Crippen MR) is 69.7 cm³/mol. The van der Waals surface area contributed by atoms with E-state index in [0.717, 1.165) is 0 Å². The van der Waals surface area contributed by atoms with Crippen LogP contribution < -0.4 is 5.32 Å². The lowest BCUT2D eigenvalue weighted by Crippen LogP contribution is -2.42. The molecule has 1 rings (SSSR count). The van der Waals surface area contributed by atoms with Gasteiger partial charge >= 0.3 is 12.0 Å². The summed E-state index contributed by atoms with van der Waals surface area (Å²) in [7, 11) is 0. The van der Waals surface area contributed by atoms with E-state index in [1.165, 1.54) is 4.90 Å². The summed E-state index contributed by atoms with van der Waals surface area (Å²) in [4.78, 5) is 31.1. The molecule has 0 aliphatic heterocycles. The summed E-state index contributed by atoms with van der Waals surface area (Å²) in [5, 5.41) is 11.5. The maximum Gasteiger partial charge on any atom is 0.317 e. The number of rotatable bonds is 7. The van der Waals surface area contributed by atoms with Crippen molar-refractivity contribution in [2.24, 2.45) is 0 Å². The van der Waals surface area contributed by atoms with E-state index in [2.05, 4.69) is 15.3 Å². The lowest BCUT2D eigenvalue weighted by molar-refractivity contribution is -0.137. The Labute approximate surface area is 112 Å². The van der Waals surface area contributed by atoms with Gasteiger partial charge in [0.15, 0.2) is 0 Å². The Morgan fingerprint density at radius 1 is 1.53 bits per heavy atom. The Bertz CT molecular complexity index is 405. The fourth-order valence-electron chi connectivity index (χ4n) is 1.71. The first-order chi connectivity index (χ1) is 9.08. The van der Waals surface area contributed by atoms with Crippen LogP contribution >= 0.6 is 0 Å². The molecule has 0 saturated carbocycles. The molecule has 2 amide bonds. The second-order valence-corrected chi connectivity index (χ2v) is 4.11. The van der Waals surface area contributed by atoms with E-state index in [1.807, 2.05) is 13.8 Å². The Kier molecular flexibility index (Phi) is 5.84. The molecular weight excluding hydrogens is 248 g/mol. The van der Waals surface area contributed by atoms with Crippen LogP contribution in [0.4, 0.5) is 4.79 Å². The number of amides is 2. The number of urea groups is 1. The lowest BCUT2D eigenvalue weighted by Gasteiger charge is -2.23. The first-order valence-corrected chi connectivity index (χ1v) is 6.35. The summed E-state index contributed by atoms with van der Waals surface area (Å²) in [6.07, 6.45) is 3.98. The molecule has 19 heavy (non-hydrogen) atoms. The molecule has 1 unspecified atom stereocenters. The molecular formula is C12H20N4O3. The normalized spacial score (nSPS) is 11.9. The van der Waals surface area contributed by atoms with Crippen LogP contribution in [0.5, 0.6) is 0 Å². The second kappa shape index (κ2) is 7.40. The van der Waals surface area contributed by atoms with Crippen molar-refractivity contribution in [1.82, 2.24) is 20.2 Å². The fraction of sp³-hybridized carbons (Fsp3) is 0.583. The molecule has 0 radical (unpaired) electrons. The van der Waals surface area contributed by atoms with E-state index >= 15 is 0 Å². The summed E-state index contributed by atoms with van der Waals surface area (Å²) in [5.41, 5.74) is 0. The van der Waals surface area contributed by atoms with Crippen LogP contribution in [-0.2, 0) is 4.79 Å².